The number of hydrogen-bond donors (Lipinski definition) is 0. The first-order valence-electron chi connectivity index (χ1n) is 10.3. The molecular weight excluding hydrogens is 378 g/mol. The average Bonchev–Trinajstić information content (AvgIpc) is 3.21. The van der Waals surface area contributed by atoms with Gasteiger partial charge in [0.15, 0.2) is 0 Å². The molecule has 0 aliphatic heterocycles. The molecule has 29 heavy (non-hydrogen) atoms. The molecule has 0 unspecified atom stereocenters. The second kappa shape index (κ2) is 7.96. The summed E-state index contributed by atoms with van der Waals surface area (Å²) in [5, 5.41) is 3.40. The Hall–Kier alpha value is -2.72. The molecule has 2 atom stereocenters. The summed E-state index contributed by atoms with van der Waals surface area (Å²) in [4.78, 5) is 17.9. The van der Waals surface area contributed by atoms with E-state index in [9.17, 15) is 4.79 Å². The van der Waals surface area contributed by atoms with E-state index in [-0.39, 0.29) is 17.8 Å². The Morgan fingerprint density at radius 1 is 0.966 bits per heavy atom. The lowest BCUT2D eigenvalue weighted by molar-refractivity contribution is -0.151. The number of nitrogens with zero attached hydrogens (tertiary/aromatic N) is 1. The van der Waals surface area contributed by atoms with E-state index in [2.05, 4.69) is 24.3 Å². The highest BCUT2D eigenvalue weighted by Gasteiger charge is 2.35. The molecule has 0 bridgehead atoms. The third-order valence-corrected chi connectivity index (χ3v) is 7.11. The van der Waals surface area contributed by atoms with Gasteiger partial charge in [-0.2, -0.15) is 0 Å². The van der Waals surface area contributed by atoms with E-state index in [4.69, 9.17) is 9.72 Å². The zero-order valence-electron chi connectivity index (χ0n) is 16.2. The average molecular weight is 402 g/mol. The number of thiazole rings is 1. The molecule has 1 heterocycles. The number of carbonyl (C=O) groups excluding carboxylic acids is 1. The maximum atomic E-state index is 13.1. The third kappa shape index (κ3) is 3.65. The second-order valence-corrected chi connectivity index (χ2v) is 8.83. The topological polar surface area (TPSA) is 39.2 Å². The first-order chi connectivity index (χ1) is 14.3. The van der Waals surface area contributed by atoms with Gasteiger partial charge in [0.05, 0.1) is 21.1 Å². The standard InChI is InChI=1S/C25H23NO2S/c27-25(28-16-18-10-7-9-17-8-1-2-11-19(17)18)21-13-4-3-12-20(21)24-26-22-14-5-6-15-23(22)29-24/h1-2,5-11,14-15,20-21H,3-4,12-13,16H2/t20-,21-/m1/s1. The van der Waals surface area contributed by atoms with E-state index in [1.165, 1.54) is 10.1 Å². The number of rotatable bonds is 4. The summed E-state index contributed by atoms with van der Waals surface area (Å²) in [7, 11) is 0. The van der Waals surface area contributed by atoms with Gasteiger partial charge in [0, 0.05) is 5.92 Å². The van der Waals surface area contributed by atoms with Gasteiger partial charge >= 0.3 is 5.97 Å². The molecule has 1 saturated carbocycles. The predicted octanol–water partition coefficient (Wildman–Crippen LogP) is 6.47. The van der Waals surface area contributed by atoms with Crippen LogP contribution in [0.3, 0.4) is 0 Å². The van der Waals surface area contributed by atoms with Crippen LogP contribution in [0.25, 0.3) is 21.0 Å². The van der Waals surface area contributed by atoms with E-state index in [1.807, 2.05) is 42.5 Å². The Balaban J connectivity index is 1.36. The highest BCUT2D eigenvalue weighted by molar-refractivity contribution is 7.18. The molecule has 3 aromatic carbocycles. The summed E-state index contributed by atoms with van der Waals surface area (Å²) in [6.45, 7) is 0.323. The van der Waals surface area contributed by atoms with Crippen LogP contribution < -0.4 is 0 Å². The van der Waals surface area contributed by atoms with Crippen molar-refractivity contribution >= 4 is 38.3 Å². The quantitative estimate of drug-likeness (QED) is 0.368. The van der Waals surface area contributed by atoms with Crippen molar-refractivity contribution in [2.45, 2.75) is 38.2 Å². The van der Waals surface area contributed by atoms with Crippen molar-refractivity contribution in [3.63, 3.8) is 0 Å². The molecule has 0 spiro atoms. The first kappa shape index (κ1) is 18.3. The Labute approximate surface area is 174 Å². The number of ether oxygens (including phenoxy) is 1. The minimum Gasteiger partial charge on any atom is -0.461 e. The fraction of sp³-hybridized carbons (Fsp3) is 0.280. The van der Waals surface area contributed by atoms with Crippen molar-refractivity contribution in [3.05, 3.63) is 77.3 Å². The summed E-state index contributed by atoms with van der Waals surface area (Å²) >= 11 is 1.72. The minimum atomic E-state index is -0.0979. The van der Waals surface area contributed by atoms with Crippen molar-refractivity contribution in [3.8, 4) is 0 Å². The van der Waals surface area contributed by atoms with Gasteiger partial charge in [-0.3, -0.25) is 4.79 Å². The van der Waals surface area contributed by atoms with Crippen LogP contribution in [0.4, 0.5) is 0 Å². The monoisotopic (exact) mass is 401 g/mol. The second-order valence-electron chi connectivity index (χ2n) is 7.76. The van der Waals surface area contributed by atoms with E-state index in [0.29, 0.717) is 6.61 Å². The molecule has 1 aliphatic carbocycles. The van der Waals surface area contributed by atoms with E-state index in [1.54, 1.807) is 11.3 Å². The Bertz CT molecular complexity index is 1130. The largest absolute Gasteiger partial charge is 0.461 e. The van der Waals surface area contributed by atoms with Crippen LogP contribution >= 0.6 is 11.3 Å². The fourth-order valence-electron chi connectivity index (χ4n) is 4.43. The van der Waals surface area contributed by atoms with Crippen LogP contribution in [0, 0.1) is 5.92 Å². The maximum Gasteiger partial charge on any atom is 0.309 e. The lowest BCUT2D eigenvalue weighted by Crippen LogP contribution is -2.27. The Morgan fingerprint density at radius 3 is 2.69 bits per heavy atom. The van der Waals surface area contributed by atoms with Crippen LogP contribution in [0.2, 0.25) is 0 Å². The van der Waals surface area contributed by atoms with Gasteiger partial charge in [0.2, 0.25) is 0 Å². The molecule has 146 valence electrons. The molecule has 1 fully saturated rings. The van der Waals surface area contributed by atoms with Gasteiger partial charge in [0.25, 0.3) is 0 Å². The summed E-state index contributed by atoms with van der Waals surface area (Å²) < 4.78 is 7.03. The Kier molecular flexibility index (Phi) is 5.03. The van der Waals surface area contributed by atoms with Crippen LogP contribution in [0.1, 0.15) is 42.2 Å². The number of para-hydroxylation sites is 1. The molecular formula is C25H23NO2S. The number of esters is 1. The summed E-state index contributed by atoms with van der Waals surface area (Å²) in [6, 6.07) is 22.6. The van der Waals surface area contributed by atoms with Crippen LogP contribution in [0.5, 0.6) is 0 Å². The summed E-state index contributed by atoms with van der Waals surface area (Å²) in [5.41, 5.74) is 2.09. The molecule has 4 aromatic rings. The van der Waals surface area contributed by atoms with Crippen molar-refractivity contribution in [1.29, 1.82) is 0 Å². The summed E-state index contributed by atoms with van der Waals surface area (Å²) in [6.07, 6.45) is 4.12. The molecule has 3 nitrogen and oxygen atoms in total. The number of hydrogen-bond acceptors (Lipinski definition) is 4. The van der Waals surface area contributed by atoms with Gasteiger partial charge in [-0.05, 0) is 41.3 Å². The molecule has 1 aromatic heterocycles. The van der Waals surface area contributed by atoms with E-state index in [0.717, 1.165) is 47.2 Å². The van der Waals surface area contributed by atoms with Gasteiger partial charge < -0.3 is 4.74 Å². The molecule has 1 aliphatic rings. The Morgan fingerprint density at radius 2 is 1.76 bits per heavy atom. The molecule has 4 heteroatoms. The lowest BCUT2D eigenvalue weighted by atomic mass is 9.79. The summed E-state index contributed by atoms with van der Waals surface area (Å²) in [5.74, 6) is -0.0117. The van der Waals surface area contributed by atoms with Crippen molar-refractivity contribution < 1.29 is 9.53 Å². The highest BCUT2D eigenvalue weighted by atomic mass is 32.1. The lowest BCUT2D eigenvalue weighted by Gasteiger charge is -2.28. The number of benzene rings is 3. The molecule has 0 N–H and O–H groups in total. The highest BCUT2D eigenvalue weighted by Crippen LogP contribution is 2.41. The SMILES string of the molecule is O=C(OCc1cccc2ccccc12)[C@@H]1CCCC[C@H]1c1nc2ccccc2s1. The first-order valence-corrected chi connectivity index (χ1v) is 11.1. The van der Waals surface area contributed by atoms with E-state index < -0.39 is 0 Å². The predicted molar refractivity (Wildman–Crippen MR) is 118 cm³/mol. The zero-order chi connectivity index (χ0) is 19.6. The van der Waals surface area contributed by atoms with Crippen molar-refractivity contribution in [1.82, 2.24) is 4.98 Å². The minimum absolute atomic E-state index is 0.0816. The smallest absolute Gasteiger partial charge is 0.309 e. The molecule has 0 amide bonds. The van der Waals surface area contributed by atoms with Crippen LogP contribution in [-0.4, -0.2) is 11.0 Å². The third-order valence-electron chi connectivity index (χ3n) is 5.95. The van der Waals surface area contributed by atoms with Crippen LogP contribution in [0.15, 0.2) is 66.7 Å². The van der Waals surface area contributed by atoms with Gasteiger partial charge in [0.1, 0.15) is 6.61 Å². The molecule has 5 rings (SSSR count). The molecule has 0 radical (unpaired) electrons. The van der Waals surface area contributed by atoms with Crippen molar-refractivity contribution in [2.24, 2.45) is 5.92 Å². The van der Waals surface area contributed by atoms with Gasteiger partial charge in [-0.25, -0.2) is 4.98 Å². The van der Waals surface area contributed by atoms with Gasteiger partial charge in [-0.15, -0.1) is 11.3 Å². The zero-order valence-corrected chi connectivity index (χ0v) is 17.0. The normalized spacial score (nSPS) is 19.4. The van der Waals surface area contributed by atoms with E-state index >= 15 is 0 Å². The van der Waals surface area contributed by atoms with Gasteiger partial charge in [-0.1, -0.05) is 67.4 Å². The van der Waals surface area contributed by atoms with Crippen LogP contribution in [-0.2, 0) is 16.1 Å². The number of carbonyl (C=O) groups is 1. The molecule has 0 saturated heterocycles. The fourth-order valence-corrected chi connectivity index (χ4v) is 5.60. The number of aromatic nitrogens is 1. The maximum absolute atomic E-state index is 13.1. The van der Waals surface area contributed by atoms with Crippen molar-refractivity contribution in [2.75, 3.05) is 0 Å². The number of fused-ring (bicyclic) bond motifs is 2.